The lowest BCUT2D eigenvalue weighted by molar-refractivity contribution is -0.137. The van der Waals surface area contributed by atoms with Gasteiger partial charge in [0.25, 0.3) is 5.91 Å². The molecule has 0 radical (unpaired) electrons. The smallest absolute Gasteiger partial charge is 0.376 e. The highest BCUT2D eigenvalue weighted by Crippen LogP contribution is 2.30. The molecule has 0 saturated heterocycles. The molecule has 6 nitrogen and oxygen atoms in total. The van der Waals surface area contributed by atoms with Crippen molar-refractivity contribution in [2.45, 2.75) is 6.18 Å². The van der Waals surface area contributed by atoms with Crippen LogP contribution in [0.25, 0.3) is 0 Å². The number of nitrogens with one attached hydrogen (secondary N) is 3. The van der Waals surface area contributed by atoms with E-state index in [1.165, 1.54) is 24.3 Å². The molecule has 0 heterocycles. The van der Waals surface area contributed by atoms with Crippen LogP contribution in [0.2, 0.25) is 0 Å². The van der Waals surface area contributed by atoms with Crippen LogP contribution in [-0.2, 0) is 11.0 Å². The third-order valence-electron chi connectivity index (χ3n) is 4.35. The van der Waals surface area contributed by atoms with Gasteiger partial charge in [-0.1, -0.05) is 24.3 Å². The Bertz CT molecular complexity index is 1190. The Morgan fingerprint density at radius 1 is 0.875 bits per heavy atom. The Hall–Kier alpha value is -4.32. The van der Waals surface area contributed by atoms with Crippen LogP contribution >= 0.6 is 0 Å². The number of carbonyl (C=O) groups excluding carboxylic acids is 2. The summed E-state index contributed by atoms with van der Waals surface area (Å²) >= 11 is 0. The van der Waals surface area contributed by atoms with Gasteiger partial charge in [-0.2, -0.15) is 18.4 Å². The second-order valence-electron chi connectivity index (χ2n) is 6.67. The van der Waals surface area contributed by atoms with Crippen LogP contribution in [0.15, 0.2) is 72.8 Å². The molecule has 2 amide bonds. The van der Waals surface area contributed by atoms with E-state index in [0.717, 1.165) is 12.1 Å². The number of halogens is 3. The number of nitriles is 1. The molecule has 0 fully saturated rings. The first-order chi connectivity index (χ1) is 15.3. The summed E-state index contributed by atoms with van der Waals surface area (Å²) in [7, 11) is 0. The lowest BCUT2D eigenvalue weighted by Crippen LogP contribution is -2.22. The van der Waals surface area contributed by atoms with E-state index < -0.39 is 23.6 Å². The third kappa shape index (κ3) is 5.86. The summed E-state index contributed by atoms with van der Waals surface area (Å²) in [5, 5.41) is 17.0. The van der Waals surface area contributed by atoms with Crippen molar-refractivity contribution >= 4 is 28.9 Å². The molecule has 0 aliphatic heterocycles. The Labute approximate surface area is 181 Å². The van der Waals surface area contributed by atoms with Gasteiger partial charge in [-0.15, -0.1) is 0 Å². The van der Waals surface area contributed by atoms with Crippen molar-refractivity contribution in [2.75, 3.05) is 22.5 Å². The Morgan fingerprint density at radius 3 is 2.34 bits per heavy atom. The van der Waals surface area contributed by atoms with Crippen LogP contribution in [-0.4, -0.2) is 18.4 Å². The highest BCUT2D eigenvalue weighted by atomic mass is 19.4. The van der Waals surface area contributed by atoms with Crippen LogP contribution in [0.5, 0.6) is 0 Å². The molecule has 9 heteroatoms. The summed E-state index contributed by atoms with van der Waals surface area (Å²) < 4.78 is 38.5. The second-order valence-corrected chi connectivity index (χ2v) is 6.67. The minimum absolute atomic E-state index is 0.0127. The average Bonchev–Trinajstić information content (AvgIpc) is 2.78. The zero-order valence-electron chi connectivity index (χ0n) is 16.5. The first-order valence-electron chi connectivity index (χ1n) is 9.38. The van der Waals surface area contributed by atoms with E-state index in [2.05, 4.69) is 16.0 Å². The maximum Gasteiger partial charge on any atom is 0.416 e. The Balaban J connectivity index is 1.62. The van der Waals surface area contributed by atoms with Gasteiger partial charge in [0.1, 0.15) is 6.07 Å². The van der Waals surface area contributed by atoms with Crippen molar-refractivity contribution in [1.82, 2.24) is 0 Å². The molecule has 0 bridgehead atoms. The quantitative estimate of drug-likeness (QED) is 0.511. The van der Waals surface area contributed by atoms with Crippen molar-refractivity contribution < 1.29 is 22.8 Å². The summed E-state index contributed by atoms with van der Waals surface area (Å²) in [6.45, 7) is -0.127. The molecule has 0 aliphatic carbocycles. The van der Waals surface area contributed by atoms with Crippen molar-refractivity contribution in [2.24, 2.45) is 0 Å². The SMILES string of the molecule is N#Cc1ccccc1NC(=O)CNc1cccc(C(=O)Nc2cccc(C(F)(F)F)c2)c1. The van der Waals surface area contributed by atoms with Gasteiger partial charge < -0.3 is 16.0 Å². The van der Waals surface area contributed by atoms with Crippen molar-refractivity contribution in [3.05, 3.63) is 89.5 Å². The minimum atomic E-state index is -4.51. The molecular formula is C23H17F3N4O2. The number of benzene rings is 3. The maximum atomic E-state index is 12.8. The molecule has 3 aromatic carbocycles. The van der Waals surface area contributed by atoms with Crippen LogP contribution in [0.1, 0.15) is 21.5 Å². The van der Waals surface area contributed by atoms with Crippen LogP contribution in [0.3, 0.4) is 0 Å². The van der Waals surface area contributed by atoms with Crippen LogP contribution in [0, 0.1) is 11.3 Å². The fourth-order valence-corrected chi connectivity index (χ4v) is 2.81. The molecular weight excluding hydrogens is 421 g/mol. The van der Waals surface area contributed by atoms with E-state index in [1.807, 2.05) is 6.07 Å². The zero-order valence-corrected chi connectivity index (χ0v) is 16.5. The number of anilines is 3. The number of rotatable bonds is 6. The van der Waals surface area contributed by atoms with E-state index in [9.17, 15) is 22.8 Å². The van der Waals surface area contributed by atoms with Crippen LogP contribution in [0.4, 0.5) is 30.2 Å². The van der Waals surface area contributed by atoms with Gasteiger partial charge in [-0.3, -0.25) is 9.59 Å². The number of hydrogen-bond donors (Lipinski definition) is 3. The Morgan fingerprint density at radius 2 is 1.59 bits per heavy atom. The van der Waals surface area contributed by atoms with Gasteiger partial charge in [0.15, 0.2) is 0 Å². The number of para-hydroxylation sites is 1. The average molecular weight is 438 g/mol. The van der Waals surface area contributed by atoms with Gasteiger partial charge in [0, 0.05) is 16.9 Å². The van der Waals surface area contributed by atoms with Crippen molar-refractivity contribution in [1.29, 1.82) is 5.26 Å². The summed E-state index contributed by atoms with van der Waals surface area (Å²) in [5.41, 5.74) is 0.520. The summed E-state index contributed by atoms with van der Waals surface area (Å²) in [6, 6.07) is 19.1. The lowest BCUT2D eigenvalue weighted by atomic mass is 10.1. The van der Waals surface area contributed by atoms with Gasteiger partial charge in [-0.05, 0) is 48.5 Å². The van der Waals surface area contributed by atoms with E-state index in [0.29, 0.717) is 16.9 Å². The molecule has 0 unspecified atom stereocenters. The number of hydrogen-bond acceptors (Lipinski definition) is 4. The molecule has 32 heavy (non-hydrogen) atoms. The summed E-state index contributed by atoms with van der Waals surface area (Å²) in [5.74, 6) is -0.994. The first kappa shape index (κ1) is 22.4. The molecule has 0 saturated carbocycles. The maximum absolute atomic E-state index is 12.8. The van der Waals surface area contributed by atoms with Crippen molar-refractivity contribution in [3.8, 4) is 6.07 Å². The normalized spacial score (nSPS) is 10.7. The minimum Gasteiger partial charge on any atom is -0.376 e. The molecule has 0 atom stereocenters. The van der Waals surface area contributed by atoms with Gasteiger partial charge in [0.2, 0.25) is 5.91 Å². The number of alkyl halides is 3. The molecule has 0 aliphatic rings. The van der Waals surface area contributed by atoms with Gasteiger partial charge in [-0.25, -0.2) is 0 Å². The number of carbonyl (C=O) groups is 2. The third-order valence-corrected chi connectivity index (χ3v) is 4.35. The molecule has 162 valence electrons. The Kier molecular flexibility index (Phi) is 6.75. The summed E-state index contributed by atoms with van der Waals surface area (Å²) in [4.78, 5) is 24.6. The molecule has 0 aromatic heterocycles. The van der Waals surface area contributed by atoms with Crippen molar-refractivity contribution in [3.63, 3.8) is 0 Å². The van der Waals surface area contributed by atoms with Gasteiger partial charge >= 0.3 is 6.18 Å². The fourth-order valence-electron chi connectivity index (χ4n) is 2.81. The largest absolute Gasteiger partial charge is 0.416 e. The lowest BCUT2D eigenvalue weighted by Gasteiger charge is -2.11. The predicted molar refractivity (Wildman–Crippen MR) is 114 cm³/mol. The molecule has 3 rings (SSSR count). The van der Waals surface area contributed by atoms with E-state index in [-0.39, 0.29) is 17.8 Å². The first-order valence-corrected chi connectivity index (χ1v) is 9.38. The highest BCUT2D eigenvalue weighted by Gasteiger charge is 2.30. The fraction of sp³-hybridized carbons (Fsp3) is 0.0870. The second kappa shape index (κ2) is 9.66. The molecule has 3 aromatic rings. The van der Waals surface area contributed by atoms with E-state index in [4.69, 9.17) is 5.26 Å². The van der Waals surface area contributed by atoms with E-state index >= 15 is 0 Å². The number of amides is 2. The zero-order chi connectivity index (χ0) is 23.1. The molecule has 3 N–H and O–H groups in total. The standard InChI is InChI=1S/C23H17F3N4O2/c24-23(25,26)17-7-4-9-19(12-17)29-22(32)15-6-3-8-18(11-15)28-14-21(31)30-20-10-2-1-5-16(20)13-27/h1-12,28H,14H2,(H,29,32)(H,30,31). The predicted octanol–water partition coefficient (Wildman–Crippen LogP) is 4.88. The highest BCUT2D eigenvalue weighted by molar-refractivity contribution is 6.05. The monoisotopic (exact) mass is 438 g/mol. The van der Waals surface area contributed by atoms with E-state index in [1.54, 1.807) is 36.4 Å². The summed E-state index contributed by atoms with van der Waals surface area (Å²) in [6.07, 6.45) is -4.51. The molecule has 0 spiro atoms. The van der Waals surface area contributed by atoms with Gasteiger partial charge in [0.05, 0.1) is 23.4 Å². The topological polar surface area (TPSA) is 94.0 Å². The number of nitrogens with zero attached hydrogens (tertiary/aromatic N) is 1. The van der Waals surface area contributed by atoms with Crippen LogP contribution < -0.4 is 16.0 Å².